The second-order valence-electron chi connectivity index (χ2n) is 20.1. The third kappa shape index (κ3) is 40.2. The Bertz CT molecular complexity index is 2190. The maximum Gasteiger partial charge on any atom is 0.320 e. The van der Waals surface area contributed by atoms with E-state index in [1.807, 2.05) is 0 Å². The Labute approximate surface area is 504 Å². The predicted molar refractivity (Wildman–Crippen MR) is 300 cm³/mol. The van der Waals surface area contributed by atoms with Crippen LogP contribution in [-0.2, 0) is 71.9 Å². The van der Waals surface area contributed by atoms with Crippen LogP contribution in [0.5, 0.6) is 0 Å². The number of aliphatic carboxylic acids is 10. The van der Waals surface area contributed by atoms with Crippen molar-refractivity contribution < 1.29 is 123 Å². The lowest BCUT2D eigenvalue weighted by Gasteiger charge is -2.32. The van der Waals surface area contributed by atoms with Gasteiger partial charge >= 0.3 is 59.7 Å². The highest BCUT2D eigenvalue weighted by Gasteiger charge is 2.31. The molecule has 0 aromatic heterocycles. The molecule has 4 atom stereocenters. The highest BCUT2D eigenvalue weighted by Crippen LogP contribution is 2.13. The fourth-order valence-electron chi connectivity index (χ4n) is 8.69. The Balaban J connectivity index is 5.31. The van der Waals surface area contributed by atoms with Crippen LogP contribution in [-0.4, -0.2) is 325 Å². The minimum atomic E-state index is -1.45. The highest BCUT2D eigenvalue weighted by atomic mass is 16.4. The first-order valence-electron chi connectivity index (χ1n) is 27.7. The molecule has 0 aliphatic rings. The average molecular weight is 1270 g/mol. The number of nitrogens with one attached hydrogen (secondary N) is 5. The molecule has 19 N–H and O–H groups in total. The Hall–Kier alpha value is -8.27. The lowest BCUT2D eigenvalue weighted by molar-refractivity contribution is -0.146. The third-order valence-electron chi connectivity index (χ3n) is 12.8. The lowest BCUT2D eigenvalue weighted by Crippen LogP contribution is -2.50. The van der Waals surface area contributed by atoms with Gasteiger partial charge in [0.05, 0.1) is 65.1 Å². The number of carbonyl (C=O) groups excluding carboxylic acids is 5. The molecule has 0 rings (SSSR count). The summed E-state index contributed by atoms with van der Waals surface area (Å²) >= 11 is 0. The summed E-state index contributed by atoms with van der Waals surface area (Å²) in [6.45, 7) is -8.29. The van der Waals surface area contributed by atoms with Crippen LogP contribution in [0, 0.1) is 0 Å². The number of rotatable bonds is 55. The van der Waals surface area contributed by atoms with Crippen molar-refractivity contribution in [3.05, 3.63) is 0 Å². The maximum absolute atomic E-state index is 12.9. The van der Waals surface area contributed by atoms with Gasteiger partial charge in [-0.2, -0.15) is 0 Å². The summed E-state index contributed by atoms with van der Waals surface area (Å²) in [5, 5.41) is 107. The van der Waals surface area contributed by atoms with Crippen LogP contribution in [0.1, 0.15) is 70.6 Å². The normalized spacial score (nSPS) is 12.7. The SMILES string of the molecule is NCNC(=O)[C@H](CCCCNC(=O)CCC(C(=O)O)N(CCN(CC(=O)O)CC(=O)O)CCN(CC(=O)O)CC(=O)O)NC(=O)CCNC(=O)[C@@H](N)CCCCNC(=O)CCC(C(=O)O)N(CCN(CC(=O)O)CC(=O)O)CCN(CC(=O)O)CC(=O)O. The van der Waals surface area contributed by atoms with E-state index in [9.17, 15) is 123 Å². The van der Waals surface area contributed by atoms with Crippen LogP contribution < -0.4 is 38.1 Å². The number of nitrogens with two attached hydrogens (primary N) is 2. The Morgan fingerprint density at radius 2 is 0.659 bits per heavy atom. The van der Waals surface area contributed by atoms with E-state index in [1.54, 1.807) is 0 Å². The number of hydrogen-bond donors (Lipinski definition) is 17. The van der Waals surface area contributed by atoms with E-state index < -0.39 is 166 Å². The minimum Gasteiger partial charge on any atom is -0.480 e. The van der Waals surface area contributed by atoms with Crippen LogP contribution in [0.15, 0.2) is 0 Å². The van der Waals surface area contributed by atoms with Gasteiger partial charge in [-0.25, -0.2) is 0 Å². The zero-order valence-electron chi connectivity index (χ0n) is 48.7. The lowest BCUT2D eigenvalue weighted by atomic mass is 10.1. The quantitative estimate of drug-likeness (QED) is 0.0199. The van der Waals surface area contributed by atoms with Gasteiger partial charge in [-0.1, -0.05) is 0 Å². The van der Waals surface area contributed by atoms with Crippen LogP contribution in [0.2, 0.25) is 0 Å². The van der Waals surface area contributed by atoms with E-state index in [0.717, 1.165) is 19.6 Å². The first-order valence-corrected chi connectivity index (χ1v) is 27.7. The van der Waals surface area contributed by atoms with Crippen molar-refractivity contribution in [3.63, 3.8) is 0 Å². The van der Waals surface area contributed by atoms with Crippen molar-refractivity contribution in [2.75, 3.05) is 131 Å². The molecule has 0 aliphatic heterocycles. The summed E-state index contributed by atoms with van der Waals surface area (Å²) in [6, 6.07) is -5.02. The second kappa shape index (κ2) is 45.1. The molecule has 0 aliphatic carbocycles. The first-order chi connectivity index (χ1) is 41.3. The van der Waals surface area contributed by atoms with Gasteiger partial charge < -0.3 is 89.1 Å². The summed E-state index contributed by atoms with van der Waals surface area (Å²) in [5.41, 5.74) is 11.5. The number of unbranched alkanes of at least 4 members (excludes halogenated alkanes) is 2. The van der Waals surface area contributed by atoms with Crippen molar-refractivity contribution in [1.82, 2.24) is 56.0 Å². The monoisotopic (exact) mass is 1270 g/mol. The molecule has 500 valence electrons. The van der Waals surface area contributed by atoms with Gasteiger partial charge in [0.2, 0.25) is 29.5 Å². The molecule has 38 nitrogen and oxygen atoms in total. The van der Waals surface area contributed by atoms with Gasteiger partial charge in [-0.3, -0.25) is 101 Å². The third-order valence-corrected chi connectivity index (χ3v) is 12.8. The second-order valence-corrected chi connectivity index (χ2v) is 20.1. The van der Waals surface area contributed by atoms with Crippen LogP contribution in [0.25, 0.3) is 0 Å². The molecule has 0 spiro atoms. The van der Waals surface area contributed by atoms with E-state index in [0.29, 0.717) is 12.8 Å². The standard InChI is InChI=1S/C50H85N13O25/c51-31-56-48(84)33(6-2-4-13-54-37(65)10-8-35(50(87)88)63(21-17-60(27-43(75)76)28-44(77)78)22-18-61(29-45(79)80)30-46(81)82)57-38(66)11-14-55-47(83)32(52)5-1-3-12-53-36(64)9-7-34(49(85)86)62(19-15-58(23-39(67)68)24-40(69)70)20-16-59(25-41(71)72)26-42(73)74/h32-35H,1-31,51-52H2,(H,53,64)(H,54,65)(H,55,83)(H,56,84)(H,57,66)(H,67,68)(H,69,70)(H,71,72)(H,73,74)(H,75,76)(H,77,78)(H,79,80)(H,81,82)(H,85,86)(H,87,88)/t32-,33-,34?,35?/m0/s1. The molecule has 0 saturated heterocycles. The fourth-order valence-corrected chi connectivity index (χ4v) is 8.69. The number of carbonyl (C=O) groups is 15. The Morgan fingerprint density at radius 3 is 0.955 bits per heavy atom. The van der Waals surface area contributed by atoms with Gasteiger partial charge in [-0.15, -0.1) is 0 Å². The molecule has 0 heterocycles. The molecule has 0 fully saturated rings. The summed E-state index contributed by atoms with van der Waals surface area (Å²) < 4.78 is 0. The topological polar surface area (TPSA) is 590 Å². The van der Waals surface area contributed by atoms with Gasteiger partial charge in [-0.05, 0) is 51.4 Å². The number of amides is 5. The van der Waals surface area contributed by atoms with Crippen LogP contribution in [0.3, 0.4) is 0 Å². The van der Waals surface area contributed by atoms with Crippen molar-refractivity contribution in [2.24, 2.45) is 11.5 Å². The molecule has 88 heavy (non-hydrogen) atoms. The van der Waals surface area contributed by atoms with Gasteiger partial charge in [0, 0.05) is 91.3 Å². The summed E-state index contributed by atoms with van der Waals surface area (Å²) in [5.74, 6) is -16.9. The minimum absolute atomic E-state index is 0.0367. The van der Waals surface area contributed by atoms with Crippen molar-refractivity contribution in [3.8, 4) is 0 Å². The van der Waals surface area contributed by atoms with Crippen LogP contribution >= 0.6 is 0 Å². The Kier molecular flexibility index (Phi) is 40.8. The fraction of sp³-hybridized carbons (Fsp3) is 0.700. The van der Waals surface area contributed by atoms with Crippen molar-refractivity contribution >= 4 is 89.2 Å². The van der Waals surface area contributed by atoms with E-state index in [1.165, 1.54) is 9.80 Å². The molecule has 0 radical (unpaired) electrons. The number of hydrogen-bond acceptors (Lipinski definition) is 23. The highest BCUT2D eigenvalue weighted by molar-refractivity contribution is 5.88. The van der Waals surface area contributed by atoms with Gasteiger partial charge in [0.25, 0.3) is 0 Å². The molecule has 5 amide bonds. The molecule has 0 saturated carbocycles. The van der Waals surface area contributed by atoms with E-state index in [-0.39, 0.29) is 136 Å². The molecule has 0 aromatic carbocycles. The molecule has 0 bridgehead atoms. The Morgan fingerprint density at radius 1 is 0.341 bits per heavy atom. The first kappa shape index (κ1) is 79.7. The molecular weight excluding hydrogens is 1180 g/mol. The van der Waals surface area contributed by atoms with Crippen molar-refractivity contribution in [1.29, 1.82) is 0 Å². The van der Waals surface area contributed by atoms with E-state index in [4.69, 9.17) is 11.5 Å². The van der Waals surface area contributed by atoms with Crippen LogP contribution in [0.4, 0.5) is 0 Å². The molecule has 2 unspecified atom stereocenters. The maximum atomic E-state index is 12.9. The predicted octanol–water partition coefficient (Wildman–Crippen LogP) is -7.13. The van der Waals surface area contributed by atoms with Gasteiger partial charge in [0.15, 0.2) is 0 Å². The molecule has 38 heteroatoms. The van der Waals surface area contributed by atoms with E-state index >= 15 is 0 Å². The molecular formula is C50H85N13O25. The average Bonchev–Trinajstić information content (AvgIpc) is 3.57. The number of nitrogens with zero attached hydrogens (tertiary/aromatic N) is 6. The summed E-state index contributed by atoms with van der Waals surface area (Å²) in [6.07, 6.45) is -0.292. The zero-order valence-corrected chi connectivity index (χ0v) is 48.7. The molecule has 0 aromatic rings. The van der Waals surface area contributed by atoms with Gasteiger partial charge in [0.1, 0.15) is 18.1 Å². The summed E-state index contributed by atoms with van der Waals surface area (Å²) in [4.78, 5) is 186. The largest absolute Gasteiger partial charge is 0.480 e. The van der Waals surface area contributed by atoms with E-state index in [2.05, 4.69) is 26.6 Å². The summed E-state index contributed by atoms with van der Waals surface area (Å²) in [7, 11) is 0. The zero-order chi connectivity index (χ0) is 66.9. The number of carboxylic acid groups (broad SMARTS) is 10. The smallest absolute Gasteiger partial charge is 0.320 e. The number of carboxylic acids is 10. The van der Waals surface area contributed by atoms with Crippen molar-refractivity contribution in [2.45, 2.75) is 94.8 Å².